The number of pyridine rings is 1. The van der Waals surface area contributed by atoms with Crippen LogP contribution in [0.15, 0.2) is 48.7 Å². The van der Waals surface area contributed by atoms with Gasteiger partial charge in [-0.15, -0.1) is 0 Å². The molecule has 1 saturated carbocycles. The molecule has 1 aliphatic carbocycles. The molecule has 2 saturated heterocycles. The zero-order valence-corrected chi connectivity index (χ0v) is 19.0. The lowest BCUT2D eigenvalue weighted by Crippen LogP contribution is -2.48. The average Bonchev–Trinajstić information content (AvgIpc) is 3.61. The van der Waals surface area contributed by atoms with Crippen molar-refractivity contribution >= 4 is 11.7 Å². The summed E-state index contributed by atoms with van der Waals surface area (Å²) in [5, 5.41) is 3.33. The zero-order chi connectivity index (χ0) is 22.0. The summed E-state index contributed by atoms with van der Waals surface area (Å²) in [6, 6.07) is 14.4. The van der Waals surface area contributed by atoms with E-state index < -0.39 is 0 Å². The summed E-state index contributed by atoms with van der Waals surface area (Å²) in [6.45, 7) is 5.31. The first kappa shape index (κ1) is 21.3. The molecule has 3 heterocycles. The maximum absolute atomic E-state index is 13.6. The van der Waals surface area contributed by atoms with E-state index in [1.54, 1.807) is 7.11 Å². The van der Waals surface area contributed by atoms with Gasteiger partial charge in [0.1, 0.15) is 11.6 Å². The van der Waals surface area contributed by atoms with Gasteiger partial charge in [0.15, 0.2) is 0 Å². The van der Waals surface area contributed by atoms with Crippen LogP contribution in [0.25, 0.3) is 0 Å². The first-order chi connectivity index (χ1) is 15.7. The van der Waals surface area contributed by atoms with Gasteiger partial charge in [-0.05, 0) is 68.0 Å². The van der Waals surface area contributed by atoms with Crippen LogP contribution in [0.3, 0.4) is 0 Å². The Balaban J connectivity index is 1.36. The molecule has 32 heavy (non-hydrogen) atoms. The lowest BCUT2D eigenvalue weighted by molar-refractivity contribution is -0.132. The highest BCUT2D eigenvalue weighted by Crippen LogP contribution is 2.44. The summed E-state index contributed by atoms with van der Waals surface area (Å²) in [7, 11) is 1.71. The minimum absolute atomic E-state index is 0.260. The molecule has 3 aliphatic rings. The number of hydrogen-bond acceptors (Lipinski definition) is 5. The first-order valence-electron chi connectivity index (χ1n) is 12.0. The van der Waals surface area contributed by atoms with E-state index >= 15 is 0 Å². The molecular formula is C26H34N4O2. The largest absolute Gasteiger partial charge is 0.497 e. The van der Waals surface area contributed by atoms with Crippen molar-refractivity contribution in [1.82, 2.24) is 15.2 Å². The van der Waals surface area contributed by atoms with Gasteiger partial charge in [0, 0.05) is 44.8 Å². The standard InChI is InChI=1S/C26H34N4O2/c1-32-23-7-4-6-21(14-23)16-29-13-5-11-26(25(31)28-15-20-9-10-20)19-30(18-22(26)17-29)24-8-2-3-12-27-24/h2-4,6-8,12,14,20,22H,5,9-11,13,15-19H2,1H3,(H,28,31)/t22-,26+/m0/s1. The number of anilines is 1. The van der Waals surface area contributed by atoms with Crippen LogP contribution in [0.4, 0.5) is 5.82 Å². The number of aromatic nitrogens is 1. The number of likely N-dealkylation sites (tertiary alicyclic amines) is 1. The second-order valence-electron chi connectivity index (χ2n) is 9.77. The van der Waals surface area contributed by atoms with Crippen molar-refractivity contribution < 1.29 is 9.53 Å². The predicted molar refractivity (Wildman–Crippen MR) is 126 cm³/mol. The number of carbonyl (C=O) groups excluding carboxylic acids is 1. The van der Waals surface area contributed by atoms with Crippen molar-refractivity contribution in [2.45, 2.75) is 32.2 Å². The number of ether oxygens (including phenoxy) is 1. The Hall–Kier alpha value is -2.60. The molecular weight excluding hydrogens is 400 g/mol. The van der Waals surface area contributed by atoms with Gasteiger partial charge in [-0.1, -0.05) is 18.2 Å². The SMILES string of the molecule is COc1cccc(CN2CCC[C@@]3(C(=O)NCC4CC4)CN(c4ccccn4)C[C@@H]3C2)c1. The Morgan fingerprint density at radius 3 is 2.91 bits per heavy atom. The molecule has 2 aliphatic heterocycles. The van der Waals surface area contributed by atoms with Crippen molar-refractivity contribution in [2.24, 2.45) is 17.3 Å². The normalized spacial score (nSPS) is 25.8. The minimum Gasteiger partial charge on any atom is -0.497 e. The fourth-order valence-corrected chi connectivity index (χ4v) is 5.51. The number of rotatable bonds is 7. The third-order valence-corrected chi connectivity index (χ3v) is 7.49. The van der Waals surface area contributed by atoms with Crippen LogP contribution in [0, 0.1) is 17.3 Å². The number of amides is 1. The highest BCUT2D eigenvalue weighted by Gasteiger charge is 2.53. The van der Waals surface area contributed by atoms with Gasteiger partial charge >= 0.3 is 0 Å². The molecule has 3 fully saturated rings. The monoisotopic (exact) mass is 434 g/mol. The Bertz CT molecular complexity index is 932. The van der Waals surface area contributed by atoms with Crippen LogP contribution in [0.2, 0.25) is 0 Å². The van der Waals surface area contributed by atoms with Gasteiger partial charge in [-0.2, -0.15) is 0 Å². The molecule has 1 aromatic carbocycles. The third-order valence-electron chi connectivity index (χ3n) is 7.49. The van der Waals surface area contributed by atoms with Gasteiger partial charge < -0.3 is 15.0 Å². The lowest BCUT2D eigenvalue weighted by Gasteiger charge is -2.32. The summed E-state index contributed by atoms with van der Waals surface area (Å²) < 4.78 is 5.41. The van der Waals surface area contributed by atoms with Crippen LogP contribution in [0.1, 0.15) is 31.2 Å². The predicted octanol–water partition coefficient (Wildman–Crippen LogP) is 3.34. The van der Waals surface area contributed by atoms with Crippen molar-refractivity contribution in [3.05, 3.63) is 54.2 Å². The van der Waals surface area contributed by atoms with Gasteiger partial charge in [0.05, 0.1) is 12.5 Å². The van der Waals surface area contributed by atoms with Crippen LogP contribution in [0.5, 0.6) is 5.75 Å². The van der Waals surface area contributed by atoms with E-state index in [1.807, 2.05) is 24.4 Å². The van der Waals surface area contributed by atoms with Crippen molar-refractivity contribution in [3.63, 3.8) is 0 Å². The van der Waals surface area contributed by atoms with Gasteiger partial charge in [0.2, 0.25) is 5.91 Å². The van der Waals surface area contributed by atoms with E-state index in [-0.39, 0.29) is 17.2 Å². The number of fused-ring (bicyclic) bond motifs is 1. The van der Waals surface area contributed by atoms with Crippen LogP contribution >= 0.6 is 0 Å². The molecule has 2 atom stereocenters. The first-order valence-corrected chi connectivity index (χ1v) is 12.0. The van der Waals surface area contributed by atoms with Crippen LogP contribution in [-0.2, 0) is 11.3 Å². The summed E-state index contributed by atoms with van der Waals surface area (Å²) >= 11 is 0. The highest BCUT2D eigenvalue weighted by molar-refractivity contribution is 5.84. The zero-order valence-electron chi connectivity index (χ0n) is 19.0. The molecule has 6 nitrogen and oxygen atoms in total. The molecule has 0 unspecified atom stereocenters. The quantitative estimate of drug-likeness (QED) is 0.724. The maximum Gasteiger partial charge on any atom is 0.228 e. The second-order valence-corrected chi connectivity index (χ2v) is 9.77. The molecule has 1 aromatic heterocycles. The third kappa shape index (κ3) is 4.46. The molecule has 170 valence electrons. The summed E-state index contributed by atoms with van der Waals surface area (Å²) in [4.78, 5) is 23.1. The molecule has 1 N–H and O–H groups in total. The second kappa shape index (κ2) is 9.10. The van der Waals surface area contributed by atoms with Gasteiger partial charge in [0.25, 0.3) is 0 Å². The fraction of sp³-hybridized carbons (Fsp3) is 0.538. The Kier molecular flexibility index (Phi) is 6.05. The minimum atomic E-state index is -0.338. The molecule has 0 radical (unpaired) electrons. The Morgan fingerprint density at radius 1 is 1.22 bits per heavy atom. The average molecular weight is 435 g/mol. The van der Waals surface area contributed by atoms with Crippen molar-refractivity contribution in [2.75, 3.05) is 44.7 Å². The summed E-state index contributed by atoms with van der Waals surface area (Å²) in [6.07, 6.45) is 6.33. The molecule has 2 aromatic rings. The lowest BCUT2D eigenvalue weighted by atomic mass is 9.74. The maximum atomic E-state index is 13.6. The Labute approximate surface area is 191 Å². The van der Waals surface area contributed by atoms with Gasteiger partial charge in [-0.3, -0.25) is 9.69 Å². The number of nitrogens with one attached hydrogen (secondary N) is 1. The summed E-state index contributed by atoms with van der Waals surface area (Å²) in [5.74, 6) is 3.12. The Morgan fingerprint density at radius 2 is 2.12 bits per heavy atom. The topological polar surface area (TPSA) is 57.7 Å². The van der Waals surface area contributed by atoms with E-state index in [2.05, 4.69) is 44.4 Å². The summed E-state index contributed by atoms with van der Waals surface area (Å²) in [5.41, 5.74) is 0.921. The van der Waals surface area contributed by atoms with E-state index in [0.717, 1.165) is 63.7 Å². The van der Waals surface area contributed by atoms with E-state index in [0.29, 0.717) is 5.92 Å². The van der Waals surface area contributed by atoms with Gasteiger partial charge in [-0.25, -0.2) is 4.98 Å². The fourth-order valence-electron chi connectivity index (χ4n) is 5.51. The van der Waals surface area contributed by atoms with Crippen LogP contribution in [-0.4, -0.2) is 55.6 Å². The van der Waals surface area contributed by atoms with E-state index in [4.69, 9.17) is 4.74 Å². The number of nitrogens with zero attached hydrogens (tertiary/aromatic N) is 3. The highest BCUT2D eigenvalue weighted by atomic mass is 16.5. The number of benzene rings is 1. The molecule has 1 amide bonds. The number of hydrogen-bond donors (Lipinski definition) is 1. The van der Waals surface area contributed by atoms with Crippen molar-refractivity contribution in [3.8, 4) is 5.75 Å². The van der Waals surface area contributed by atoms with E-state index in [1.165, 1.54) is 18.4 Å². The molecule has 0 spiro atoms. The molecule has 5 rings (SSSR count). The number of carbonyl (C=O) groups is 1. The number of methoxy groups -OCH3 is 1. The van der Waals surface area contributed by atoms with Crippen LogP contribution < -0.4 is 15.0 Å². The van der Waals surface area contributed by atoms with Crippen molar-refractivity contribution in [1.29, 1.82) is 0 Å². The smallest absolute Gasteiger partial charge is 0.228 e. The molecule has 6 heteroatoms. The molecule has 0 bridgehead atoms. The van der Waals surface area contributed by atoms with E-state index in [9.17, 15) is 4.79 Å².